The predicted molar refractivity (Wildman–Crippen MR) is 87.1 cm³/mol. The lowest BCUT2D eigenvalue weighted by Gasteiger charge is -2.13. The zero-order valence-corrected chi connectivity index (χ0v) is 12.5. The first kappa shape index (κ1) is 12.7. The van der Waals surface area contributed by atoms with Crippen LogP contribution in [0.2, 0.25) is 5.02 Å². The summed E-state index contributed by atoms with van der Waals surface area (Å²) in [6.45, 7) is 1.98. The Kier molecular flexibility index (Phi) is 2.89. The van der Waals surface area contributed by atoms with Crippen LogP contribution >= 0.6 is 11.6 Å². The van der Waals surface area contributed by atoms with Gasteiger partial charge in [-0.25, -0.2) is 4.98 Å². The molecule has 4 rings (SSSR count). The molecule has 2 aromatic carbocycles. The van der Waals surface area contributed by atoms with Crippen molar-refractivity contribution >= 4 is 28.3 Å². The second kappa shape index (κ2) is 4.78. The number of imidazole rings is 1. The monoisotopic (exact) mass is 297 g/mol. The van der Waals surface area contributed by atoms with Gasteiger partial charge in [0.1, 0.15) is 5.82 Å². The van der Waals surface area contributed by atoms with Gasteiger partial charge in [-0.2, -0.15) is 0 Å². The van der Waals surface area contributed by atoms with E-state index in [2.05, 4.69) is 45.6 Å². The van der Waals surface area contributed by atoms with Gasteiger partial charge >= 0.3 is 0 Å². The van der Waals surface area contributed by atoms with E-state index < -0.39 is 0 Å². The van der Waals surface area contributed by atoms with Crippen LogP contribution in [-0.4, -0.2) is 16.0 Å². The molecule has 3 aromatic rings. The van der Waals surface area contributed by atoms with Crippen LogP contribution in [0.1, 0.15) is 17.0 Å². The van der Waals surface area contributed by atoms with Gasteiger partial charge in [0.2, 0.25) is 0 Å². The fourth-order valence-electron chi connectivity index (χ4n) is 3.15. The van der Waals surface area contributed by atoms with Crippen LogP contribution in [0.3, 0.4) is 0 Å². The van der Waals surface area contributed by atoms with E-state index in [0.717, 1.165) is 40.4 Å². The van der Waals surface area contributed by atoms with Crippen molar-refractivity contribution in [3.63, 3.8) is 0 Å². The van der Waals surface area contributed by atoms with E-state index in [0.29, 0.717) is 6.04 Å². The second-order valence-corrected chi connectivity index (χ2v) is 6.15. The third-order valence-corrected chi connectivity index (χ3v) is 4.31. The molecule has 0 bridgehead atoms. The van der Waals surface area contributed by atoms with Gasteiger partial charge in [0.15, 0.2) is 0 Å². The summed E-state index contributed by atoms with van der Waals surface area (Å²) in [5.41, 5.74) is 5.99. The summed E-state index contributed by atoms with van der Waals surface area (Å²) < 4.78 is 0. The van der Waals surface area contributed by atoms with E-state index in [4.69, 9.17) is 11.6 Å². The molecule has 21 heavy (non-hydrogen) atoms. The van der Waals surface area contributed by atoms with Gasteiger partial charge in [0.05, 0.1) is 11.0 Å². The highest BCUT2D eigenvalue weighted by atomic mass is 35.5. The fraction of sp³-hybridized carbons (Fsp3) is 0.235. The molecule has 1 atom stereocenters. The number of nitrogens with zero attached hydrogens (tertiary/aromatic N) is 1. The first-order chi connectivity index (χ1) is 10.2. The molecule has 0 amide bonds. The summed E-state index contributed by atoms with van der Waals surface area (Å²) in [6, 6.07) is 12.9. The molecule has 1 heterocycles. The van der Waals surface area contributed by atoms with Crippen molar-refractivity contribution in [3.8, 4) is 0 Å². The van der Waals surface area contributed by atoms with Crippen LogP contribution in [0.15, 0.2) is 36.4 Å². The van der Waals surface area contributed by atoms with E-state index in [1.165, 1.54) is 11.1 Å². The number of halogens is 1. The van der Waals surface area contributed by atoms with Crippen molar-refractivity contribution < 1.29 is 0 Å². The number of benzene rings is 2. The molecule has 1 unspecified atom stereocenters. The molecule has 2 N–H and O–H groups in total. The molecular weight excluding hydrogens is 282 g/mol. The van der Waals surface area contributed by atoms with Crippen LogP contribution in [-0.2, 0) is 12.8 Å². The summed E-state index contributed by atoms with van der Waals surface area (Å²) in [5, 5.41) is 4.44. The molecule has 3 nitrogen and oxygen atoms in total. The Hall–Kier alpha value is -2.00. The number of aromatic nitrogens is 2. The summed E-state index contributed by atoms with van der Waals surface area (Å²) >= 11 is 6.07. The summed E-state index contributed by atoms with van der Waals surface area (Å²) in [6.07, 6.45) is 2.07. The normalized spacial score (nSPS) is 17.1. The molecule has 0 radical (unpaired) electrons. The zero-order chi connectivity index (χ0) is 14.4. The predicted octanol–water partition coefficient (Wildman–Crippen LogP) is 4.10. The van der Waals surface area contributed by atoms with Crippen molar-refractivity contribution in [3.05, 3.63) is 58.4 Å². The number of H-pyrrole nitrogens is 1. The second-order valence-electron chi connectivity index (χ2n) is 5.72. The highest BCUT2D eigenvalue weighted by molar-refractivity contribution is 6.30. The lowest BCUT2D eigenvalue weighted by Crippen LogP contribution is -2.19. The largest absolute Gasteiger partial charge is 0.382 e. The SMILES string of the molecule is Cc1nc2ccc(NC3Cc4ccc(Cl)cc4C3)cc2[nH]1. The minimum atomic E-state index is 0.430. The molecule has 1 aliphatic carbocycles. The van der Waals surface area contributed by atoms with Crippen LogP contribution in [0.25, 0.3) is 11.0 Å². The minimum absolute atomic E-state index is 0.430. The molecule has 106 valence electrons. The fourth-order valence-corrected chi connectivity index (χ4v) is 3.35. The van der Waals surface area contributed by atoms with E-state index in [-0.39, 0.29) is 0 Å². The summed E-state index contributed by atoms with van der Waals surface area (Å²) in [4.78, 5) is 7.71. The van der Waals surface area contributed by atoms with Crippen molar-refractivity contribution in [2.75, 3.05) is 5.32 Å². The maximum Gasteiger partial charge on any atom is 0.104 e. The Morgan fingerprint density at radius 1 is 1.14 bits per heavy atom. The number of aryl methyl sites for hydroxylation is 1. The number of rotatable bonds is 2. The number of anilines is 1. The number of nitrogens with one attached hydrogen (secondary N) is 2. The standard InChI is InChI=1S/C17H16ClN3/c1-10-19-16-5-4-14(9-17(16)20-10)21-15-7-11-2-3-13(18)6-12(11)8-15/h2-6,9,15,21H,7-8H2,1H3,(H,19,20). The van der Waals surface area contributed by atoms with E-state index in [1.807, 2.05) is 13.0 Å². The molecule has 4 heteroatoms. The summed E-state index contributed by atoms with van der Waals surface area (Å²) in [7, 11) is 0. The molecule has 0 saturated carbocycles. The zero-order valence-electron chi connectivity index (χ0n) is 11.8. The van der Waals surface area contributed by atoms with Crippen LogP contribution in [0.5, 0.6) is 0 Å². The average molecular weight is 298 g/mol. The lowest BCUT2D eigenvalue weighted by molar-refractivity contribution is 0.774. The lowest BCUT2D eigenvalue weighted by atomic mass is 10.1. The van der Waals surface area contributed by atoms with Crippen LogP contribution in [0, 0.1) is 6.92 Å². The minimum Gasteiger partial charge on any atom is -0.382 e. The number of fused-ring (bicyclic) bond motifs is 2. The van der Waals surface area contributed by atoms with E-state index >= 15 is 0 Å². The van der Waals surface area contributed by atoms with Gasteiger partial charge in [-0.05, 0) is 61.2 Å². The molecule has 0 saturated heterocycles. The average Bonchev–Trinajstić information content (AvgIpc) is 2.99. The Morgan fingerprint density at radius 3 is 2.90 bits per heavy atom. The van der Waals surface area contributed by atoms with Gasteiger partial charge in [0, 0.05) is 16.8 Å². The van der Waals surface area contributed by atoms with Gasteiger partial charge in [-0.3, -0.25) is 0 Å². The third-order valence-electron chi connectivity index (χ3n) is 4.07. The summed E-state index contributed by atoms with van der Waals surface area (Å²) in [5.74, 6) is 0.949. The maximum atomic E-state index is 6.07. The Bertz CT molecular complexity index is 822. The van der Waals surface area contributed by atoms with Crippen molar-refractivity contribution in [2.24, 2.45) is 0 Å². The Labute approximate surface area is 128 Å². The number of aromatic amines is 1. The highest BCUT2D eigenvalue weighted by Gasteiger charge is 2.21. The van der Waals surface area contributed by atoms with Gasteiger partial charge in [-0.15, -0.1) is 0 Å². The van der Waals surface area contributed by atoms with Crippen molar-refractivity contribution in [2.45, 2.75) is 25.8 Å². The Morgan fingerprint density at radius 2 is 2.00 bits per heavy atom. The highest BCUT2D eigenvalue weighted by Crippen LogP contribution is 2.28. The van der Waals surface area contributed by atoms with Gasteiger partial charge in [0.25, 0.3) is 0 Å². The maximum absolute atomic E-state index is 6.07. The Balaban J connectivity index is 1.56. The first-order valence-electron chi connectivity index (χ1n) is 7.17. The van der Waals surface area contributed by atoms with Gasteiger partial charge < -0.3 is 10.3 Å². The smallest absolute Gasteiger partial charge is 0.104 e. The quantitative estimate of drug-likeness (QED) is 0.747. The first-order valence-corrected chi connectivity index (χ1v) is 7.55. The van der Waals surface area contributed by atoms with Crippen molar-refractivity contribution in [1.82, 2.24) is 9.97 Å². The van der Waals surface area contributed by atoms with Crippen LogP contribution < -0.4 is 5.32 Å². The van der Waals surface area contributed by atoms with Crippen LogP contribution in [0.4, 0.5) is 5.69 Å². The van der Waals surface area contributed by atoms with E-state index in [1.54, 1.807) is 0 Å². The topological polar surface area (TPSA) is 40.7 Å². The van der Waals surface area contributed by atoms with Crippen molar-refractivity contribution in [1.29, 1.82) is 0 Å². The van der Waals surface area contributed by atoms with E-state index in [9.17, 15) is 0 Å². The van der Waals surface area contributed by atoms with Gasteiger partial charge in [-0.1, -0.05) is 17.7 Å². The molecule has 0 fully saturated rings. The molecule has 1 aromatic heterocycles. The molecular formula is C17H16ClN3. The number of hydrogen-bond donors (Lipinski definition) is 2. The third kappa shape index (κ3) is 2.38. The number of hydrogen-bond acceptors (Lipinski definition) is 2. The molecule has 1 aliphatic rings. The molecule has 0 spiro atoms. The molecule has 0 aliphatic heterocycles.